The van der Waals surface area contributed by atoms with E-state index in [2.05, 4.69) is 15.5 Å². The van der Waals surface area contributed by atoms with Crippen LogP contribution in [0, 0.1) is 0 Å². The molecular weight excluding hydrogens is 266 g/mol. The van der Waals surface area contributed by atoms with E-state index in [1.807, 2.05) is 38.1 Å². The number of hydrogen-bond acceptors (Lipinski definition) is 4. The molecule has 1 heterocycles. The number of nitrogens with one attached hydrogen (secondary N) is 1. The van der Waals surface area contributed by atoms with Crippen molar-refractivity contribution in [2.75, 3.05) is 6.61 Å². The third-order valence-corrected chi connectivity index (χ3v) is 2.81. The molecule has 0 radical (unpaired) electrons. The van der Waals surface area contributed by atoms with Gasteiger partial charge in [0, 0.05) is 6.20 Å². The van der Waals surface area contributed by atoms with Gasteiger partial charge < -0.3 is 4.74 Å². The molecule has 0 unspecified atom stereocenters. The molecule has 0 aliphatic carbocycles. The number of ether oxygens (including phenoxy) is 1. The number of rotatable bonds is 5. The first-order valence-electron chi connectivity index (χ1n) is 6.69. The van der Waals surface area contributed by atoms with Crippen molar-refractivity contribution >= 4 is 11.6 Å². The van der Waals surface area contributed by atoms with Gasteiger partial charge in [-0.2, -0.15) is 5.10 Å². The summed E-state index contributed by atoms with van der Waals surface area (Å²) >= 11 is 0. The highest BCUT2D eigenvalue weighted by Gasteiger charge is 2.05. The SMILES string of the molecule is CCOc1ccc(/C(C)=N/NC(=O)c2ccccn2)cc1. The van der Waals surface area contributed by atoms with E-state index in [0.717, 1.165) is 11.3 Å². The van der Waals surface area contributed by atoms with E-state index in [9.17, 15) is 4.79 Å². The molecule has 0 aliphatic heterocycles. The largest absolute Gasteiger partial charge is 0.494 e. The second-order valence-corrected chi connectivity index (χ2v) is 4.31. The molecule has 0 bridgehead atoms. The molecule has 108 valence electrons. The van der Waals surface area contributed by atoms with E-state index >= 15 is 0 Å². The van der Waals surface area contributed by atoms with E-state index < -0.39 is 0 Å². The van der Waals surface area contributed by atoms with Crippen molar-refractivity contribution < 1.29 is 9.53 Å². The van der Waals surface area contributed by atoms with Gasteiger partial charge in [-0.15, -0.1) is 0 Å². The Bertz CT molecular complexity index is 622. The number of pyridine rings is 1. The normalized spacial score (nSPS) is 11.0. The minimum absolute atomic E-state index is 0.333. The molecule has 2 aromatic rings. The van der Waals surface area contributed by atoms with Gasteiger partial charge in [-0.05, 0) is 55.8 Å². The number of carbonyl (C=O) groups excluding carboxylic acids is 1. The number of carbonyl (C=O) groups is 1. The highest BCUT2D eigenvalue weighted by molar-refractivity contribution is 6.00. The van der Waals surface area contributed by atoms with Crippen molar-refractivity contribution in [1.29, 1.82) is 0 Å². The molecule has 1 amide bonds. The van der Waals surface area contributed by atoms with Crippen LogP contribution >= 0.6 is 0 Å². The highest BCUT2D eigenvalue weighted by Crippen LogP contribution is 2.12. The van der Waals surface area contributed by atoms with Crippen LogP contribution in [0.15, 0.2) is 53.8 Å². The van der Waals surface area contributed by atoms with Crippen molar-refractivity contribution in [3.8, 4) is 5.75 Å². The van der Waals surface area contributed by atoms with Crippen molar-refractivity contribution in [3.05, 3.63) is 59.9 Å². The van der Waals surface area contributed by atoms with Gasteiger partial charge in [0.1, 0.15) is 11.4 Å². The number of nitrogens with zero attached hydrogens (tertiary/aromatic N) is 2. The van der Waals surface area contributed by atoms with E-state index in [1.54, 1.807) is 24.4 Å². The first-order valence-corrected chi connectivity index (χ1v) is 6.69. The first-order chi connectivity index (χ1) is 10.2. The Hall–Kier alpha value is -2.69. The zero-order chi connectivity index (χ0) is 15.1. The van der Waals surface area contributed by atoms with E-state index in [-0.39, 0.29) is 5.91 Å². The van der Waals surface area contributed by atoms with Gasteiger partial charge in [0.05, 0.1) is 12.3 Å². The molecular formula is C16H17N3O2. The Labute approximate surface area is 123 Å². The summed E-state index contributed by atoms with van der Waals surface area (Å²) in [5, 5.41) is 4.08. The summed E-state index contributed by atoms with van der Waals surface area (Å²) in [6.07, 6.45) is 1.57. The van der Waals surface area contributed by atoms with E-state index in [0.29, 0.717) is 18.0 Å². The zero-order valence-corrected chi connectivity index (χ0v) is 12.0. The lowest BCUT2D eigenvalue weighted by atomic mass is 10.1. The average Bonchev–Trinajstić information content (AvgIpc) is 2.54. The summed E-state index contributed by atoms with van der Waals surface area (Å²) < 4.78 is 5.38. The number of amides is 1. The maximum absolute atomic E-state index is 11.8. The molecule has 5 heteroatoms. The summed E-state index contributed by atoms with van der Waals surface area (Å²) in [7, 11) is 0. The lowest BCUT2D eigenvalue weighted by Gasteiger charge is -2.05. The monoisotopic (exact) mass is 283 g/mol. The second kappa shape index (κ2) is 7.19. The molecule has 0 atom stereocenters. The standard InChI is InChI=1S/C16H17N3O2/c1-3-21-14-9-7-13(8-10-14)12(2)18-19-16(20)15-6-4-5-11-17-15/h4-11H,3H2,1-2H3,(H,19,20)/b18-12+. The smallest absolute Gasteiger partial charge is 0.289 e. The first kappa shape index (κ1) is 14.7. The van der Waals surface area contributed by atoms with Crippen LogP contribution in [0.25, 0.3) is 0 Å². The summed E-state index contributed by atoms with van der Waals surface area (Å²) in [5.41, 5.74) is 4.45. The molecule has 0 saturated carbocycles. The molecule has 1 aromatic carbocycles. The topological polar surface area (TPSA) is 63.6 Å². The van der Waals surface area contributed by atoms with Crippen LogP contribution in [0.1, 0.15) is 29.9 Å². The van der Waals surface area contributed by atoms with Crippen molar-refractivity contribution in [2.45, 2.75) is 13.8 Å². The van der Waals surface area contributed by atoms with Crippen molar-refractivity contribution in [3.63, 3.8) is 0 Å². The minimum Gasteiger partial charge on any atom is -0.494 e. The van der Waals surface area contributed by atoms with Crippen LogP contribution < -0.4 is 10.2 Å². The fraction of sp³-hybridized carbons (Fsp3) is 0.188. The molecule has 1 N–H and O–H groups in total. The van der Waals surface area contributed by atoms with Gasteiger partial charge in [-0.1, -0.05) is 6.07 Å². The van der Waals surface area contributed by atoms with Gasteiger partial charge in [-0.25, -0.2) is 5.43 Å². The van der Waals surface area contributed by atoms with Gasteiger partial charge in [0.2, 0.25) is 0 Å². The predicted octanol–water partition coefficient (Wildman–Crippen LogP) is 2.63. The fourth-order valence-corrected chi connectivity index (χ4v) is 1.71. The number of hydrogen-bond donors (Lipinski definition) is 1. The van der Waals surface area contributed by atoms with Crippen LogP contribution in [-0.4, -0.2) is 23.2 Å². The Balaban J connectivity index is 2.02. The summed E-state index contributed by atoms with van der Waals surface area (Å²) in [4.78, 5) is 15.8. The van der Waals surface area contributed by atoms with Crippen molar-refractivity contribution in [2.24, 2.45) is 5.10 Å². The lowest BCUT2D eigenvalue weighted by molar-refractivity contribution is 0.0950. The average molecular weight is 283 g/mol. The minimum atomic E-state index is -0.333. The maximum atomic E-state index is 11.8. The Morgan fingerprint density at radius 2 is 2.00 bits per heavy atom. The Morgan fingerprint density at radius 1 is 1.24 bits per heavy atom. The lowest BCUT2D eigenvalue weighted by Crippen LogP contribution is -2.20. The number of aromatic nitrogens is 1. The fourth-order valence-electron chi connectivity index (χ4n) is 1.71. The van der Waals surface area contributed by atoms with Crippen molar-refractivity contribution in [1.82, 2.24) is 10.4 Å². The molecule has 2 rings (SSSR count). The van der Waals surface area contributed by atoms with Crippen LogP contribution in [-0.2, 0) is 0 Å². The summed E-state index contributed by atoms with van der Waals surface area (Å²) in [6, 6.07) is 12.7. The number of benzene rings is 1. The van der Waals surface area contributed by atoms with E-state index in [4.69, 9.17) is 4.74 Å². The predicted molar refractivity (Wildman–Crippen MR) is 81.5 cm³/mol. The van der Waals surface area contributed by atoms with Gasteiger partial charge in [-0.3, -0.25) is 9.78 Å². The summed E-state index contributed by atoms with van der Waals surface area (Å²) in [5.74, 6) is 0.479. The molecule has 0 fully saturated rings. The van der Waals surface area contributed by atoms with Gasteiger partial charge >= 0.3 is 0 Å². The van der Waals surface area contributed by atoms with Gasteiger partial charge in [0.25, 0.3) is 5.91 Å². The quantitative estimate of drug-likeness (QED) is 0.677. The van der Waals surface area contributed by atoms with Crippen LogP contribution in [0.5, 0.6) is 5.75 Å². The molecule has 21 heavy (non-hydrogen) atoms. The molecule has 0 saturated heterocycles. The van der Waals surface area contributed by atoms with Crippen LogP contribution in [0.2, 0.25) is 0 Å². The molecule has 0 aliphatic rings. The molecule has 1 aromatic heterocycles. The third-order valence-electron chi connectivity index (χ3n) is 2.81. The summed E-state index contributed by atoms with van der Waals surface area (Å²) in [6.45, 7) is 4.40. The zero-order valence-electron chi connectivity index (χ0n) is 12.0. The van der Waals surface area contributed by atoms with Crippen LogP contribution in [0.3, 0.4) is 0 Å². The second-order valence-electron chi connectivity index (χ2n) is 4.31. The molecule has 0 spiro atoms. The Morgan fingerprint density at radius 3 is 2.62 bits per heavy atom. The maximum Gasteiger partial charge on any atom is 0.289 e. The van der Waals surface area contributed by atoms with Crippen LogP contribution in [0.4, 0.5) is 0 Å². The van der Waals surface area contributed by atoms with E-state index in [1.165, 1.54) is 0 Å². The molecule has 5 nitrogen and oxygen atoms in total. The highest BCUT2D eigenvalue weighted by atomic mass is 16.5. The Kier molecular flexibility index (Phi) is 5.04. The number of hydrazone groups is 1. The van der Waals surface area contributed by atoms with Gasteiger partial charge in [0.15, 0.2) is 0 Å². The third kappa shape index (κ3) is 4.14.